The number of non-ortho nitro benzene ring substituents is 1. The van der Waals surface area contributed by atoms with Gasteiger partial charge in [0.1, 0.15) is 0 Å². The smallest absolute Gasteiger partial charge is 0.271 e. The summed E-state index contributed by atoms with van der Waals surface area (Å²) in [6.45, 7) is 1.97. The van der Waals surface area contributed by atoms with Gasteiger partial charge in [-0.3, -0.25) is 14.9 Å². The summed E-state index contributed by atoms with van der Waals surface area (Å²) in [6, 6.07) is 11.9. The Labute approximate surface area is 150 Å². The Kier molecular flexibility index (Phi) is 4.90. The maximum atomic E-state index is 11.8. The third-order valence-electron chi connectivity index (χ3n) is 4.16. The van der Waals surface area contributed by atoms with E-state index in [1.807, 2.05) is 31.2 Å². The Morgan fingerprint density at radius 2 is 1.92 bits per heavy atom. The molecule has 25 heavy (non-hydrogen) atoms. The zero-order chi connectivity index (χ0) is 18.0. The zero-order valence-corrected chi connectivity index (χ0v) is 14.4. The van der Waals surface area contributed by atoms with Crippen LogP contribution in [-0.2, 0) is 4.79 Å². The minimum atomic E-state index is -0.478. The monoisotopic (exact) mass is 359 g/mol. The lowest BCUT2D eigenvalue weighted by Crippen LogP contribution is -2.13. The average Bonchev–Trinajstić information content (AvgIpc) is 3.42. The van der Waals surface area contributed by atoms with Gasteiger partial charge in [-0.1, -0.05) is 23.7 Å². The molecule has 3 rings (SSSR count). The summed E-state index contributed by atoms with van der Waals surface area (Å²) in [7, 11) is 0. The maximum absolute atomic E-state index is 11.8. The summed E-state index contributed by atoms with van der Waals surface area (Å²) in [6.07, 6.45) is 1.95. The molecule has 1 amide bonds. The van der Waals surface area contributed by atoms with Gasteiger partial charge in [0.05, 0.1) is 15.6 Å². The van der Waals surface area contributed by atoms with Gasteiger partial charge in [0.2, 0.25) is 5.91 Å². The van der Waals surface area contributed by atoms with Crippen LogP contribution in [0.25, 0.3) is 0 Å². The number of halogens is 1. The molecule has 1 fully saturated rings. The van der Waals surface area contributed by atoms with E-state index in [4.69, 9.17) is 11.6 Å². The summed E-state index contributed by atoms with van der Waals surface area (Å²) in [5.41, 5.74) is 2.38. The van der Waals surface area contributed by atoms with Crippen molar-refractivity contribution in [1.82, 2.24) is 0 Å². The Hall–Kier alpha value is -2.60. The predicted molar refractivity (Wildman–Crippen MR) is 97.9 cm³/mol. The van der Waals surface area contributed by atoms with Crippen molar-refractivity contribution >= 4 is 34.6 Å². The molecule has 0 aromatic heterocycles. The Morgan fingerprint density at radius 3 is 2.48 bits per heavy atom. The van der Waals surface area contributed by atoms with Crippen LogP contribution >= 0.6 is 11.6 Å². The van der Waals surface area contributed by atoms with Crippen molar-refractivity contribution in [2.45, 2.75) is 25.8 Å². The topological polar surface area (TPSA) is 84.3 Å². The van der Waals surface area contributed by atoms with Crippen LogP contribution < -0.4 is 10.6 Å². The van der Waals surface area contributed by atoms with Gasteiger partial charge in [0.15, 0.2) is 0 Å². The summed E-state index contributed by atoms with van der Waals surface area (Å²) in [5, 5.41) is 17.2. The van der Waals surface area contributed by atoms with E-state index in [-0.39, 0.29) is 23.6 Å². The summed E-state index contributed by atoms with van der Waals surface area (Å²) in [4.78, 5) is 22.0. The van der Waals surface area contributed by atoms with Gasteiger partial charge in [0.25, 0.3) is 5.69 Å². The molecule has 1 saturated carbocycles. The quantitative estimate of drug-likeness (QED) is 0.574. The van der Waals surface area contributed by atoms with Crippen LogP contribution in [0.5, 0.6) is 0 Å². The van der Waals surface area contributed by atoms with Gasteiger partial charge in [-0.05, 0) is 43.5 Å². The van der Waals surface area contributed by atoms with Crippen molar-refractivity contribution in [1.29, 1.82) is 0 Å². The van der Waals surface area contributed by atoms with E-state index in [2.05, 4.69) is 10.6 Å². The summed E-state index contributed by atoms with van der Waals surface area (Å²) < 4.78 is 0. The number of nitro groups is 1. The van der Waals surface area contributed by atoms with Crippen LogP contribution in [0, 0.1) is 16.0 Å². The molecule has 6 nitrogen and oxygen atoms in total. The van der Waals surface area contributed by atoms with Crippen LogP contribution in [0.15, 0.2) is 42.5 Å². The van der Waals surface area contributed by atoms with E-state index >= 15 is 0 Å². The van der Waals surface area contributed by atoms with E-state index in [0.29, 0.717) is 10.7 Å². The first-order valence-corrected chi connectivity index (χ1v) is 8.43. The summed E-state index contributed by atoms with van der Waals surface area (Å²) in [5.74, 6) is 0.251. The molecule has 7 heteroatoms. The van der Waals surface area contributed by atoms with Crippen molar-refractivity contribution in [3.8, 4) is 0 Å². The number of carbonyl (C=O) groups excluding carboxylic acids is 1. The molecule has 1 unspecified atom stereocenters. The molecule has 1 aliphatic carbocycles. The number of rotatable bonds is 6. The highest BCUT2D eigenvalue weighted by molar-refractivity contribution is 6.33. The van der Waals surface area contributed by atoms with Crippen molar-refractivity contribution < 1.29 is 9.72 Å². The van der Waals surface area contributed by atoms with E-state index in [9.17, 15) is 14.9 Å². The highest BCUT2D eigenvalue weighted by Crippen LogP contribution is 2.31. The van der Waals surface area contributed by atoms with Crippen molar-refractivity contribution in [3.63, 3.8) is 0 Å². The Bertz CT molecular complexity index is 804. The van der Waals surface area contributed by atoms with Crippen LogP contribution in [0.1, 0.15) is 31.4 Å². The minimum absolute atomic E-state index is 0.0426. The zero-order valence-electron chi connectivity index (χ0n) is 13.7. The molecular formula is C18H18ClN3O3. The molecule has 0 saturated heterocycles. The van der Waals surface area contributed by atoms with Crippen molar-refractivity contribution in [2.24, 2.45) is 5.92 Å². The molecule has 1 aliphatic rings. The number of amides is 1. The molecule has 0 spiro atoms. The first-order valence-electron chi connectivity index (χ1n) is 8.05. The molecule has 0 radical (unpaired) electrons. The Balaban J connectivity index is 1.65. The van der Waals surface area contributed by atoms with E-state index < -0.39 is 4.92 Å². The molecule has 0 bridgehead atoms. The largest absolute Gasteiger partial charge is 0.377 e. The third-order valence-corrected chi connectivity index (χ3v) is 4.47. The second-order valence-electron chi connectivity index (χ2n) is 6.17. The van der Waals surface area contributed by atoms with Crippen LogP contribution in [0.3, 0.4) is 0 Å². The Morgan fingerprint density at radius 1 is 1.24 bits per heavy atom. The van der Waals surface area contributed by atoms with Crippen LogP contribution in [0.4, 0.5) is 17.1 Å². The number of carbonyl (C=O) groups is 1. The predicted octanol–water partition coefficient (Wildman–Crippen LogP) is 4.77. The molecular weight excluding hydrogens is 342 g/mol. The molecule has 2 aromatic rings. The van der Waals surface area contributed by atoms with Crippen molar-refractivity contribution in [3.05, 3.63) is 63.2 Å². The lowest BCUT2D eigenvalue weighted by atomic mass is 10.1. The normalized spacial score (nSPS) is 14.6. The number of hydrogen-bond acceptors (Lipinski definition) is 4. The molecule has 130 valence electrons. The van der Waals surface area contributed by atoms with Gasteiger partial charge in [-0.25, -0.2) is 0 Å². The van der Waals surface area contributed by atoms with E-state index in [1.165, 1.54) is 12.1 Å². The van der Waals surface area contributed by atoms with E-state index in [1.54, 1.807) is 6.07 Å². The standard InChI is InChI=1S/C18H18ClN3O3/c1-11(20-17-9-8-15(22(24)25)10-16(17)19)12-4-6-14(7-5-12)21-18(23)13-2-3-13/h4-11,13,20H,2-3H2,1H3,(H,21,23). The molecule has 2 aromatic carbocycles. The number of hydrogen-bond donors (Lipinski definition) is 2. The van der Waals surface area contributed by atoms with Gasteiger partial charge < -0.3 is 10.6 Å². The highest BCUT2D eigenvalue weighted by atomic mass is 35.5. The first kappa shape index (κ1) is 17.2. The fourth-order valence-corrected chi connectivity index (χ4v) is 2.73. The second-order valence-corrected chi connectivity index (χ2v) is 6.58. The third kappa shape index (κ3) is 4.28. The lowest BCUT2D eigenvalue weighted by molar-refractivity contribution is -0.384. The van der Waals surface area contributed by atoms with Gasteiger partial charge >= 0.3 is 0 Å². The second kappa shape index (κ2) is 7.11. The van der Waals surface area contributed by atoms with Gasteiger partial charge in [0, 0.05) is 29.8 Å². The van der Waals surface area contributed by atoms with Crippen LogP contribution in [-0.4, -0.2) is 10.8 Å². The SMILES string of the molecule is CC(Nc1ccc([N+](=O)[O-])cc1Cl)c1ccc(NC(=O)C2CC2)cc1. The highest BCUT2D eigenvalue weighted by Gasteiger charge is 2.29. The fourth-order valence-electron chi connectivity index (χ4n) is 2.50. The molecule has 1 atom stereocenters. The molecule has 0 heterocycles. The minimum Gasteiger partial charge on any atom is -0.377 e. The molecule has 2 N–H and O–H groups in total. The average molecular weight is 360 g/mol. The fraction of sp³-hybridized carbons (Fsp3) is 0.278. The van der Waals surface area contributed by atoms with Crippen molar-refractivity contribution in [2.75, 3.05) is 10.6 Å². The van der Waals surface area contributed by atoms with Gasteiger partial charge in [-0.15, -0.1) is 0 Å². The van der Waals surface area contributed by atoms with Gasteiger partial charge in [-0.2, -0.15) is 0 Å². The number of nitro benzene ring substituents is 1. The van der Waals surface area contributed by atoms with E-state index in [0.717, 1.165) is 24.1 Å². The summed E-state index contributed by atoms with van der Waals surface area (Å²) >= 11 is 6.11. The van der Waals surface area contributed by atoms with Crippen LogP contribution in [0.2, 0.25) is 5.02 Å². The number of anilines is 2. The maximum Gasteiger partial charge on any atom is 0.271 e. The lowest BCUT2D eigenvalue weighted by Gasteiger charge is -2.17. The first-order chi connectivity index (χ1) is 11.9. The number of benzene rings is 2. The number of nitrogens with one attached hydrogen (secondary N) is 2. The molecule has 0 aliphatic heterocycles. The number of nitrogens with zero attached hydrogens (tertiary/aromatic N) is 1.